The zero-order valence-electron chi connectivity index (χ0n) is 9.37. The van der Waals surface area contributed by atoms with Gasteiger partial charge in [-0.1, -0.05) is 0 Å². The van der Waals surface area contributed by atoms with Crippen molar-refractivity contribution in [2.45, 2.75) is 0 Å². The first-order valence-corrected chi connectivity index (χ1v) is 1.00. The third-order valence-electron chi connectivity index (χ3n) is 0.250. The molecule has 0 saturated carbocycles. The van der Waals surface area contributed by atoms with Gasteiger partial charge in [0.2, 0.25) is 0 Å². The average molecular weight is 444 g/mol. The van der Waals surface area contributed by atoms with E-state index in [0.29, 0.717) is 0 Å². The van der Waals surface area contributed by atoms with E-state index in [-0.39, 0.29) is 153 Å². The van der Waals surface area contributed by atoms with Gasteiger partial charge in [0.15, 0.2) is 0 Å². The quantitative estimate of drug-likeness (QED) is 0.286. The summed E-state index contributed by atoms with van der Waals surface area (Å²) in [6.07, 6.45) is 0. The molecule has 0 aromatic carbocycles. The smallest absolute Gasteiger partial charge is 0.870 e. The number of hydrogen-bond donors (Lipinski definition) is 0. The van der Waals surface area contributed by atoms with Crippen LogP contribution in [0.15, 0.2) is 0 Å². The fourth-order valence-electron chi connectivity index (χ4n) is 0.0625. The Kier molecular flexibility index (Phi) is 3850. The van der Waals surface area contributed by atoms with Crippen molar-refractivity contribution >= 4 is 0 Å². The van der Waals surface area contributed by atoms with Crippen molar-refractivity contribution in [1.29, 1.82) is 0 Å². The largest absolute Gasteiger partial charge is 3.00 e. The summed E-state index contributed by atoms with van der Waals surface area (Å²) in [7, 11) is 0. The van der Waals surface area contributed by atoms with Crippen LogP contribution in [0.1, 0.15) is 0 Å². The summed E-state index contributed by atoms with van der Waals surface area (Å²) in [6, 6.07) is 0. The fourth-order valence-corrected chi connectivity index (χ4v) is 0.0625. The van der Waals surface area contributed by atoms with Crippen LogP contribution in [-0.2, 0) is 86.9 Å². The minimum absolute atomic E-state index is 0. The standard InChI is InChI=1S/C4.12H2O.4Ti/c1-2-4-3-1;;;;;;;;;;;;;;;;/h;12*1H2;;;;/q;;;;;;;;;;;;;4*+3/p-12. The summed E-state index contributed by atoms with van der Waals surface area (Å²) < 4.78 is 0. The van der Waals surface area contributed by atoms with E-state index < -0.39 is 0 Å². The second-order valence-corrected chi connectivity index (χ2v) is 0.500. The fraction of sp³-hybridized carbons (Fsp3) is 0. The molecule has 0 bridgehead atoms. The van der Waals surface area contributed by atoms with E-state index >= 15 is 0 Å². The monoisotopic (exact) mass is 444 g/mol. The maximum Gasteiger partial charge on any atom is 3.00 e. The van der Waals surface area contributed by atoms with Crippen molar-refractivity contribution in [2.75, 3.05) is 0 Å². The Morgan fingerprint density at radius 3 is 0.250 bits per heavy atom. The van der Waals surface area contributed by atoms with Crippen molar-refractivity contribution in [2.24, 2.45) is 0 Å². The summed E-state index contributed by atoms with van der Waals surface area (Å²) >= 11 is 0. The molecule has 0 unspecified atom stereocenters. The van der Waals surface area contributed by atoms with Gasteiger partial charge < -0.3 is 65.7 Å². The van der Waals surface area contributed by atoms with Crippen LogP contribution in [0.3, 0.4) is 0 Å². The molecule has 0 aliphatic heterocycles. The zero-order chi connectivity index (χ0) is 2.83. The van der Waals surface area contributed by atoms with Gasteiger partial charge in [-0.2, -0.15) is 0 Å². The van der Waals surface area contributed by atoms with Crippen LogP contribution in [-0.4, -0.2) is 65.7 Å². The summed E-state index contributed by atoms with van der Waals surface area (Å²) in [6.45, 7) is 0. The summed E-state index contributed by atoms with van der Waals surface area (Å²) in [4.78, 5) is 0. The number of hydrogen-bond acceptors (Lipinski definition) is 12. The van der Waals surface area contributed by atoms with Crippen molar-refractivity contribution in [3.8, 4) is 23.7 Å². The van der Waals surface area contributed by atoms with Gasteiger partial charge in [-0.25, -0.2) is 0 Å². The maximum absolute atomic E-state index is 2.50. The minimum Gasteiger partial charge on any atom is -0.870 e. The van der Waals surface area contributed by atoms with E-state index in [1.165, 1.54) is 0 Å². The van der Waals surface area contributed by atoms with Gasteiger partial charge in [0.25, 0.3) is 0 Å². The molecule has 4 radical (unpaired) electrons. The van der Waals surface area contributed by atoms with E-state index in [2.05, 4.69) is 23.7 Å². The molecular formula is C4H12O12Ti4. The molecule has 1 aliphatic rings. The van der Waals surface area contributed by atoms with Crippen LogP contribution < -0.4 is 0 Å². The zero-order valence-corrected chi connectivity index (χ0v) is 15.6. The van der Waals surface area contributed by atoms with E-state index in [1.54, 1.807) is 0 Å². The molecule has 20 heavy (non-hydrogen) atoms. The molecule has 0 atom stereocenters. The summed E-state index contributed by atoms with van der Waals surface area (Å²) in [5, 5.41) is 0. The molecule has 16 heteroatoms. The third-order valence-corrected chi connectivity index (χ3v) is 0.250. The molecular weight excluding hydrogens is 432 g/mol. The van der Waals surface area contributed by atoms with Crippen molar-refractivity contribution in [3.63, 3.8) is 0 Å². The molecule has 1 rings (SSSR count). The van der Waals surface area contributed by atoms with Crippen molar-refractivity contribution < 1.29 is 153 Å². The predicted octanol–water partition coefficient (Wildman–Crippen LogP) is -2.12. The first-order chi connectivity index (χ1) is 2.00. The number of rotatable bonds is 0. The Hall–Kier alpha value is 1.50. The molecule has 116 valence electrons. The third kappa shape index (κ3) is 221. The van der Waals surface area contributed by atoms with Crippen molar-refractivity contribution in [1.82, 2.24) is 0 Å². The first kappa shape index (κ1) is 299. The van der Waals surface area contributed by atoms with E-state index in [4.69, 9.17) is 0 Å². The van der Waals surface area contributed by atoms with Gasteiger partial charge >= 0.3 is 86.9 Å². The average Bonchev–Trinajstić information content (AvgIpc) is 0.722. The molecule has 12 N–H and O–H groups in total. The normalized spacial score (nSPS) is 1.60. The molecule has 0 saturated heterocycles. The minimum atomic E-state index is 0. The van der Waals surface area contributed by atoms with Crippen LogP contribution in [0.4, 0.5) is 0 Å². The summed E-state index contributed by atoms with van der Waals surface area (Å²) in [5.41, 5.74) is 0. The molecule has 0 amide bonds. The van der Waals surface area contributed by atoms with E-state index in [0.717, 1.165) is 0 Å². The predicted molar refractivity (Wildman–Crippen MR) is 38.8 cm³/mol. The summed E-state index contributed by atoms with van der Waals surface area (Å²) in [5.74, 6) is 10.0. The van der Waals surface area contributed by atoms with E-state index in [1.807, 2.05) is 0 Å². The second kappa shape index (κ2) is 258. The molecule has 12 nitrogen and oxygen atoms in total. The molecule has 0 aromatic heterocycles. The Balaban J connectivity index is -0.000000000714. The van der Waals surface area contributed by atoms with Gasteiger partial charge in [0.1, 0.15) is 0 Å². The van der Waals surface area contributed by atoms with Crippen LogP contribution in [0.2, 0.25) is 0 Å². The SMILES string of the molecule is C1#CC#C1.[OH-].[OH-].[OH-].[OH-].[OH-].[OH-].[OH-].[OH-].[OH-].[OH-].[OH-].[OH-].[Ti+3].[Ti+3].[Ti+3].[Ti+3]. The Morgan fingerprint density at radius 2 is 0.250 bits per heavy atom. The molecule has 0 aromatic rings. The molecule has 0 fully saturated rings. The van der Waals surface area contributed by atoms with Gasteiger partial charge in [-0.05, 0) is 0 Å². The topological polar surface area (TPSA) is 360 Å². The Morgan fingerprint density at radius 1 is 0.200 bits per heavy atom. The second-order valence-electron chi connectivity index (χ2n) is 0.500. The van der Waals surface area contributed by atoms with Crippen LogP contribution in [0.5, 0.6) is 0 Å². The molecule has 0 heterocycles. The van der Waals surface area contributed by atoms with Crippen LogP contribution >= 0.6 is 0 Å². The van der Waals surface area contributed by atoms with Crippen molar-refractivity contribution in [3.05, 3.63) is 0 Å². The van der Waals surface area contributed by atoms with Gasteiger partial charge in [0.05, 0.1) is 0 Å². The molecule has 1 aliphatic carbocycles. The van der Waals surface area contributed by atoms with E-state index in [9.17, 15) is 0 Å². The van der Waals surface area contributed by atoms with Crippen LogP contribution in [0, 0.1) is 23.7 Å². The molecule has 0 spiro atoms. The van der Waals surface area contributed by atoms with Crippen LogP contribution in [0.25, 0.3) is 0 Å². The van der Waals surface area contributed by atoms with Gasteiger partial charge in [-0.3, -0.25) is 0 Å². The van der Waals surface area contributed by atoms with Gasteiger partial charge in [0, 0.05) is 23.7 Å². The Labute approximate surface area is 175 Å². The first-order valence-electron chi connectivity index (χ1n) is 1.00. The maximum atomic E-state index is 2.50. The Bertz CT molecular complexity index is 119. The van der Waals surface area contributed by atoms with Gasteiger partial charge in [-0.15, -0.1) is 0 Å².